The number of benzene rings is 1. The summed E-state index contributed by atoms with van der Waals surface area (Å²) in [6.07, 6.45) is 0. The van der Waals surface area contributed by atoms with Crippen molar-refractivity contribution in [2.24, 2.45) is 0 Å². The van der Waals surface area contributed by atoms with E-state index in [-0.39, 0.29) is 11.5 Å². The van der Waals surface area contributed by atoms with Crippen LogP contribution in [0.15, 0.2) is 22.6 Å². The van der Waals surface area contributed by atoms with Crippen molar-refractivity contribution < 1.29 is 14.0 Å². The van der Waals surface area contributed by atoms with Crippen LogP contribution in [-0.2, 0) is 0 Å². The summed E-state index contributed by atoms with van der Waals surface area (Å²) in [6.45, 7) is 0. The second-order valence-corrected chi connectivity index (χ2v) is 3.44. The predicted molar refractivity (Wildman–Crippen MR) is 54.4 cm³/mol. The van der Waals surface area contributed by atoms with Gasteiger partial charge in [-0.25, -0.2) is 4.98 Å². The number of aromatic nitrogens is 1. The van der Waals surface area contributed by atoms with Gasteiger partial charge in [0.25, 0.3) is 11.1 Å². The van der Waals surface area contributed by atoms with E-state index in [0.717, 1.165) is 0 Å². The highest BCUT2D eigenvalue weighted by Gasteiger charge is 2.13. The average molecular weight is 244 g/mol. The molecule has 0 saturated carbocycles. The third-order valence-electron chi connectivity index (χ3n) is 1.78. The summed E-state index contributed by atoms with van der Waals surface area (Å²) in [6, 6.07) is 4.41. The van der Waals surface area contributed by atoms with Gasteiger partial charge in [0.1, 0.15) is 5.52 Å². The lowest BCUT2D eigenvalue weighted by Gasteiger charge is -1.90. The first kappa shape index (κ1) is 10.1. The molecule has 0 atom stereocenters. The van der Waals surface area contributed by atoms with Crippen LogP contribution in [0, 0.1) is 0 Å². The molecule has 0 aliphatic carbocycles. The molecule has 15 heavy (non-hydrogen) atoms. The second kappa shape index (κ2) is 3.64. The van der Waals surface area contributed by atoms with Crippen molar-refractivity contribution in [3.63, 3.8) is 0 Å². The van der Waals surface area contributed by atoms with Crippen LogP contribution < -0.4 is 0 Å². The van der Waals surface area contributed by atoms with Crippen LogP contribution in [0.5, 0.6) is 0 Å². The van der Waals surface area contributed by atoms with Crippen molar-refractivity contribution in [3.8, 4) is 0 Å². The van der Waals surface area contributed by atoms with Crippen molar-refractivity contribution in [2.45, 2.75) is 0 Å². The van der Waals surface area contributed by atoms with Crippen LogP contribution >= 0.6 is 23.2 Å². The first-order valence-corrected chi connectivity index (χ1v) is 4.64. The number of rotatable bonds is 2. The Morgan fingerprint density at radius 3 is 2.53 bits per heavy atom. The zero-order chi connectivity index (χ0) is 11.0. The lowest BCUT2D eigenvalue weighted by Crippen LogP contribution is -1.88. The van der Waals surface area contributed by atoms with Gasteiger partial charge in [-0.1, -0.05) is 0 Å². The number of carbonyl (C=O) groups excluding carboxylic acids is 2. The Bertz CT molecular complexity index is 549. The third kappa shape index (κ3) is 1.86. The molecule has 2 rings (SSSR count). The topological polar surface area (TPSA) is 60.2 Å². The molecule has 2 aromatic rings. The molecule has 76 valence electrons. The lowest BCUT2D eigenvalue weighted by molar-refractivity contribution is 0.105. The fourth-order valence-corrected chi connectivity index (χ4v) is 1.33. The molecular formula is C9H3Cl2NO3. The van der Waals surface area contributed by atoms with Crippen LogP contribution in [0.2, 0.25) is 0 Å². The largest absolute Gasteiger partial charge is 0.433 e. The highest BCUT2D eigenvalue weighted by molar-refractivity contribution is 6.68. The molecular weight excluding hydrogens is 241 g/mol. The third-order valence-corrected chi connectivity index (χ3v) is 2.16. The molecule has 0 saturated heterocycles. The Morgan fingerprint density at radius 2 is 1.93 bits per heavy atom. The molecule has 1 heterocycles. The van der Waals surface area contributed by atoms with Crippen molar-refractivity contribution in [2.75, 3.05) is 0 Å². The van der Waals surface area contributed by atoms with Gasteiger partial charge in [0.15, 0.2) is 5.58 Å². The van der Waals surface area contributed by atoms with Crippen LogP contribution in [0.1, 0.15) is 21.0 Å². The van der Waals surface area contributed by atoms with Crippen molar-refractivity contribution in [1.29, 1.82) is 0 Å². The lowest BCUT2D eigenvalue weighted by atomic mass is 10.2. The van der Waals surface area contributed by atoms with E-state index in [2.05, 4.69) is 4.98 Å². The summed E-state index contributed by atoms with van der Waals surface area (Å²) in [7, 11) is 0. The van der Waals surface area contributed by atoms with Gasteiger partial charge in [-0.05, 0) is 41.4 Å². The zero-order valence-electron chi connectivity index (χ0n) is 7.16. The van der Waals surface area contributed by atoms with E-state index in [9.17, 15) is 9.59 Å². The summed E-state index contributed by atoms with van der Waals surface area (Å²) in [4.78, 5) is 25.4. The molecule has 0 bridgehead atoms. The summed E-state index contributed by atoms with van der Waals surface area (Å²) in [5.41, 5.74) is 1.03. The van der Waals surface area contributed by atoms with E-state index < -0.39 is 10.5 Å². The number of fused-ring (bicyclic) bond motifs is 1. The minimum absolute atomic E-state index is 0.203. The Hall–Kier alpha value is -1.39. The first-order valence-electron chi connectivity index (χ1n) is 3.88. The van der Waals surface area contributed by atoms with E-state index in [1.54, 1.807) is 0 Å². The van der Waals surface area contributed by atoms with Gasteiger partial charge in [0.05, 0.1) is 0 Å². The van der Waals surface area contributed by atoms with Gasteiger partial charge in [-0.15, -0.1) is 0 Å². The van der Waals surface area contributed by atoms with E-state index in [4.69, 9.17) is 27.6 Å². The van der Waals surface area contributed by atoms with Crippen molar-refractivity contribution in [1.82, 2.24) is 4.98 Å². The Kier molecular flexibility index (Phi) is 2.46. The van der Waals surface area contributed by atoms with Gasteiger partial charge in [-0.3, -0.25) is 9.59 Å². The molecule has 6 heteroatoms. The molecule has 1 aromatic heterocycles. The van der Waals surface area contributed by atoms with Gasteiger partial charge < -0.3 is 4.42 Å². The molecule has 0 fully saturated rings. The molecule has 0 radical (unpaired) electrons. The number of hydrogen-bond acceptors (Lipinski definition) is 4. The monoisotopic (exact) mass is 243 g/mol. The molecule has 0 unspecified atom stereocenters. The minimum atomic E-state index is -0.787. The summed E-state index contributed by atoms with van der Waals surface area (Å²) in [5.74, 6) is -0.203. The molecule has 0 spiro atoms. The Labute approximate surface area is 93.8 Å². The fourth-order valence-electron chi connectivity index (χ4n) is 1.13. The summed E-state index contributed by atoms with van der Waals surface area (Å²) in [5, 5.41) is -1.39. The molecule has 0 amide bonds. The fraction of sp³-hybridized carbons (Fsp3) is 0. The van der Waals surface area contributed by atoms with E-state index >= 15 is 0 Å². The minimum Gasteiger partial charge on any atom is -0.433 e. The number of hydrogen-bond donors (Lipinski definition) is 0. The molecule has 4 nitrogen and oxygen atoms in total. The summed E-state index contributed by atoms with van der Waals surface area (Å²) < 4.78 is 5.02. The molecule has 0 aliphatic rings. The number of oxazole rings is 1. The van der Waals surface area contributed by atoms with Gasteiger partial charge in [-0.2, -0.15) is 0 Å². The zero-order valence-corrected chi connectivity index (χ0v) is 8.67. The van der Waals surface area contributed by atoms with Gasteiger partial charge in [0.2, 0.25) is 0 Å². The maximum atomic E-state index is 10.8. The first-order chi connectivity index (χ1) is 7.08. The second-order valence-electron chi connectivity index (χ2n) is 2.75. The highest BCUT2D eigenvalue weighted by Crippen LogP contribution is 2.19. The van der Waals surface area contributed by atoms with Crippen LogP contribution in [0.4, 0.5) is 0 Å². The van der Waals surface area contributed by atoms with Crippen LogP contribution in [0.25, 0.3) is 11.1 Å². The van der Waals surface area contributed by atoms with E-state index in [1.165, 1.54) is 18.2 Å². The predicted octanol–water partition coefficient (Wildman–Crippen LogP) is 2.59. The van der Waals surface area contributed by atoms with Crippen LogP contribution in [-0.4, -0.2) is 15.5 Å². The summed E-state index contributed by atoms with van der Waals surface area (Å²) >= 11 is 10.5. The highest BCUT2D eigenvalue weighted by atomic mass is 35.5. The Morgan fingerprint density at radius 1 is 1.20 bits per heavy atom. The molecule has 1 aromatic carbocycles. The standard InChI is InChI=1S/C9H3Cl2NO3/c10-7(13)4-1-2-6-5(3-4)12-9(15-6)8(11)14/h1-3H. The normalized spacial score (nSPS) is 10.5. The van der Waals surface area contributed by atoms with Crippen molar-refractivity contribution in [3.05, 3.63) is 29.7 Å². The average Bonchev–Trinajstić information content (AvgIpc) is 2.59. The quantitative estimate of drug-likeness (QED) is 0.761. The van der Waals surface area contributed by atoms with E-state index in [1.807, 2.05) is 0 Å². The molecule has 0 N–H and O–H groups in total. The maximum Gasteiger partial charge on any atom is 0.307 e. The van der Waals surface area contributed by atoms with Gasteiger partial charge in [0, 0.05) is 5.56 Å². The number of halogens is 2. The van der Waals surface area contributed by atoms with Gasteiger partial charge >= 0.3 is 5.24 Å². The van der Waals surface area contributed by atoms with E-state index in [0.29, 0.717) is 11.1 Å². The Balaban J connectivity index is 2.62. The van der Waals surface area contributed by atoms with Crippen LogP contribution in [0.3, 0.4) is 0 Å². The maximum absolute atomic E-state index is 10.8. The molecule has 0 aliphatic heterocycles. The SMILES string of the molecule is O=C(Cl)c1ccc2oc(C(=O)Cl)nc2c1. The number of carbonyl (C=O) groups is 2. The number of nitrogens with zero attached hydrogens (tertiary/aromatic N) is 1. The van der Waals surface area contributed by atoms with Crippen molar-refractivity contribution >= 4 is 44.8 Å². The smallest absolute Gasteiger partial charge is 0.307 e.